The second-order valence-electron chi connectivity index (χ2n) is 6.58. The first kappa shape index (κ1) is 13.4. The van der Waals surface area contributed by atoms with Crippen LogP contribution in [0.3, 0.4) is 0 Å². The van der Waals surface area contributed by atoms with Gasteiger partial charge < -0.3 is 14.6 Å². The number of fused-ring (bicyclic) bond motifs is 1. The molecular formula is C15H24O4. The van der Waals surface area contributed by atoms with Crippen LogP contribution in [0.15, 0.2) is 0 Å². The van der Waals surface area contributed by atoms with Gasteiger partial charge in [0.1, 0.15) is 0 Å². The van der Waals surface area contributed by atoms with Gasteiger partial charge in [0.15, 0.2) is 0 Å². The van der Waals surface area contributed by atoms with Crippen LogP contribution in [0.4, 0.5) is 0 Å². The van der Waals surface area contributed by atoms with Gasteiger partial charge in [0.2, 0.25) is 0 Å². The topological polar surface area (TPSA) is 59.1 Å². The Balaban J connectivity index is 1.40. The molecule has 1 saturated heterocycles. The van der Waals surface area contributed by atoms with Crippen LogP contribution >= 0.6 is 0 Å². The Bertz CT molecular complexity index is 343. The fourth-order valence-corrected chi connectivity index (χ4v) is 3.47. The summed E-state index contributed by atoms with van der Waals surface area (Å²) in [5.41, 5.74) is 0. The Morgan fingerprint density at radius 3 is 2.79 bits per heavy atom. The highest BCUT2D eigenvalue weighted by Crippen LogP contribution is 2.40. The SMILES string of the molecule is C[C@@H]1CCC(COC(=O)C2CCC3OC3C2)CC1O. The Kier molecular flexibility index (Phi) is 3.81. The largest absolute Gasteiger partial charge is 0.465 e. The predicted octanol–water partition coefficient (Wildman–Crippen LogP) is 1.89. The molecule has 2 saturated carbocycles. The molecule has 0 bridgehead atoms. The molecule has 5 unspecified atom stereocenters. The standard InChI is InChI=1S/C15H24O4/c1-9-2-3-10(6-12(9)16)8-18-15(17)11-4-5-13-14(7-11)19-13/h9-14,16H,2-8H2,1H3/t9-,10?,11?,12?,13?,14?/m1/s1. The van der Waals surface area contributed by atoms with Gasteiger partial charge in [-0.2, -0.15) is 0 Å². The van der Waals surface area contributed by atoms with Gasteiger partial charge in [-0.15, -0.1) is 0 Å². The van der Waals surface area contributed by atoms with Gasteiger partial charge in [0, 0.05) is 0 Å². The number of hydrogen-bond donors (Lipinski definition) is 1. The van der Waals surface area contributed by atoms with Crippen molar-refractivity contribution in [3.63, 3.8) is 0 Å². The number of rotatable bonds is 3. The van der Waals surface area contributed by atoms with E-state index < -0.39 is 0 Å². The molecule has 1 N–H and O–H groups in total. The number of aliphatic hydroxyl groups is 1. The maximum Gasteiger partial charge on any atom is 0.309 e. The molecule has 0 amide bonds. The van der Waals surface area contributed by atoms with E-state index in [9.17, 15) is 9.90 Å². The number of carbonyl (C=O) groups excluding carboxylic acids is 1. The molecule has 4 nitrogen and oxygen atoms in total. The maximum absolute atomic E-state index is 12.0. The number of aliphatic hydroxyl groups excluding tert-OH is 1. The summed E-state index contributed by atoms with van der Waals surface area (Å²) in [6.45, 7) is 2.56. The molecule has 3 aliphatic rings. The van der Waals surface area contributed by atoms with E-state index in [2.05, 4.69) is 6.92 Å². The van der Waals surface area contributed by atoms with E-state index >= 15 is 0 Å². The van der Waals surface area contributed by atoms with Gasteiger partial charge in [-0.1, -0.05) is 6.92 Å². The second-order valence-corrected chi connectivity index (χ2v) is 6.58. The Labute approximate surface area is 114 Å². The first-order chi connectivity index (χ1) is 9.13. The van der Waals surface area contributed by atoms with Crippen molar-refractivity contribution in [1.82, 2.24) is 0 Å². The molecule has 0 aromatic carbocycles. The van der Waals surface area contributed by atoms with Crippen molar-refractivity contribution in [3.8, 4) is 0 Å². The summed E-state index contributed by atoms with van der Waals surface area (Å²) < 4.78 is 10.9. The maximum atomic E-state index is 12.0. The molecule has 0 spiro atoms. The van der Waals surface area contributed by atoms with Crippen molar-refractivity contribution in [2.75, 3.05) is 6.61 Å². The third-order valence-electron chi connectivity index (χ3n) is 5.06. The van der Waals surface area contributed by atoms with Gasteiger partial charge >= 0.3 is 5.97 Å². The lowest BCUT2D eigenvalue weighted by Gasteiger charge is -2.31. The van der Waals surface area contributed by atoms with E-state index in [-0.39, 0.29) is 18.0 Å². The fraction of sp³-hybridized carbons (Fsp3) is 0.933. The Hall–Kier alpha value is -0.610. The van der Waals surface area contributed by atoms with E-state index in [1.54, 1.807) is 0 Å². The summed E-state index contributed by atoms with van der Waals surface area (Å²) in [6.07, 6.45) is 6.14. The lowest BCUT2D eigenvalue weighted by molar-refractivity contribution is -0.151. The highest BCUT2D eigenvalue weighted by Gasteiger charge is 2.46. The number of epoxide rings is 1. The minimum atomic E-state index is -0.229. The van der Waals surface area contributed by atoms with Crippen LogP contribution in [-0.2, 0) is 14.3 Å². The van der Waals surface area contributed by atoms with Crippen LogP contribution in [0.25, 0.3) is 0 Å². The average molecular weight is 268 g/mol. The number of esters is 1. The molecule has 0 radical (unpaired) electrons. The lowest BCUT2D eigenvalue weighted by Crippen LogP contribution is -2.31. The predicted molar refractivity (Wildman–Crippen MR) is 69.5 cm³/mol. The van der Waals surface area contributed by atoms with Gasteiger partial charge in [0.25, 0.3) is 0 Å². The molecule has 2 aliphatic carbocycles. The van der Waals surface area contributed by atoms with Crippen LogP contribution in [0, 0.1) is 17.8 Å². The second kappa shape index (κ2) is 5.41. The van der Waals surface area contributed by atoms with E-state index in [0.717, 1.165) is 38.5 Å². The van der Waals surface area contributed by atoms with Crippen molar-refractivity contribution < 1.29 is 19.4 Å². The molecule has 3 fully saturated rings. The average Bonchev–Trinajstić information content (AvgIpc) is 3.18. The summed E-state index contributed by atoms with van der Waals surface area (Å²) in [5, 5.41) is 9.85. The van der Waals surface area contributed by atoms with E-state index in [1.807, 2.05) is 0 Å². The smallest absolute Gasteiger partial charge is 0.309 e. The highest BCUT2D eigenvalue weighted by molar-refractivity contribution is 5.72. The number of carbonyl (C=O) groups is 1. The molecule has 19 heavy (non-hydrogen) atoms. The van der Waals surface area contributed by atoms with Crippen molar-refractivity contribution in [3.05, 3.63) is 0 Å². The van der Waals surface area contributed by atoms with Crippen LogP contribution in [0.2, 0.25) is 0 Å². The zero-order chi connectivity index (χ0) is 13.4. The molecule has 6 atom stereocenters. The van der Waals surface area contributed by atoms with Crippen molar-refractivity contribution in [2.45, 2.75) is 63.8 Å². The van der Waals surface area contributed by atoms with E-state index in [4.69, 9.17) is 9.47 Å². The minimum absolute atomic E-state index is 0.0381. The highest BCUT2D eigenvalue weighted by atomic mass is 16.6. The summed E-state index contributed by atoms with van der Waals surface area (Å²) in [5.74, 6) is 0.705. The summed E-state index contributed by atoms with van der Waals surface area (Å²) in [7, 11) is 0. The van der Waals surface area contributed by atoms with Gasteiger partial charge in [0.05, 0.1) is 30.8 Å². The fourth-order valence-electron chi connectivity index (χ4n) is 3.47. The lowest BCUT2D eigenvalue weighted by atomic mass is 9.81. The third-order valence-corrected chi connectivity index (χ3v) is 5.06. The van der Waals surface area contributed by atoms with Crippen LogP contribution in [0.5, 0.6) is 0 Å². The van der Waals surface area contributed by atoms with Crippen molar-refractivity contribution in [2.24, 2.45) is 17.8 Å². The van der Waals surface area contributed by atoms with Crippen molar-refractivity contribution >= 4 is 5.97 Å². The van der Waals surface area contributed by atoms with Crippen LogP contribution in [-0.4, -0.2) is 36.0 Å². The first-order valence-corrected chi connectivity index (χ1v) is 7.63. The molecule has 0 aromatic rings. The molecule has 1 aliphatic heterocycles. The molecule has 1 heterocycles. The number of ether oxygens (including phenoxy) is 2. The van der Waals surface area contributed by atoms with Gasteiger partial charge in [-0.05, 0) is 50.4 Å². The monoisotopic (exact) mass is 268 g/mol. The molecule has 3 rings (SSSR count). The Morgan fingerprint density at radius 2 is 2.05 bits per heavy atom. The molecule has 0 aromatic heterocycles. The molecular weight excluding hydrogens is 244 g/mol. The van der Waals surface area contributed by atoms with Crippen molar-refractivity contribution in [1.29, 1.82) is 0 Å². The quantitative estimate of drug-likeness (QED) is 0.627. The van der Waals surface area contributed by atoms with Crippen LogP contribution in [0.1, 0.15) is 45.4 Å². The normalized spacial score (nSPS) is 45.4. The van der Waals surface area contributed by atoms with E-state index in [0.29, 0.717) is 30.7 Å². The minimum Gasteiger partial charge on any atom is -0.465 e. The van der Waals surface area contributed by atoms with E-state index in [1.165, 1.54) is 0 Å². The summed E-state index contributed by atoms with van der Waals surface area (Å²) in [4.78, 5) is 12.0. The Morgan fingerprint density at radius 1 is 1.21 bits per heavy atom. The first-order valence-electron chi connectivity index (χ1n) is 7.63. The van der Waals surface area contributed by atoms with Gasteiger partial charge in [-0.25, -0.2) is 0 Å². The van der Waals surface area contributed by atoms with Crippen LogP contribution < -0.4 is 0 Å². The summed E-state index contributed by atoms with van der Waals surface area (Å²) >= 11 is 0. The summed E-state index contributed by atoms with van der Waals surface area (Å²) in [6, 6.07) is 0. The third kappa shape index (κ3) is 3.11. The number of hydrogen-bond acceptors (Lipinski definition) is 4. The van der Waals surface area contributed by atoms with Gasteiger partial charge in [-0.3, -0.25) is 4.79 Å². The molecule has 108 valence electrons. The zero-order valence-corrected chi connectivity index (χ0v) is 11.6. The zero-order valence-electron chi connectivity index (χ0n) is 11.6. The molecule has 4 heteroatoms.